The summed E-state index contributed by atoms with van der Waals surface area (Å²) in [4.78, 5) is 1.37. The van der Waals surface area contributed by atoms with Gasteiger partial charge in [0.1, 0.15) is 0 Å². The molecule has 84 valence electrons. The maximum atomic E-state index is 6.03. The summed E-state index contributed by atoms with van der Waals surface area (Å²) in [6, 6.07) is 6.87. The normalized spacial score (nSPS) is 15.0. The van der Waals surface area contributed by atoms with E-state index in [0.717, 1.165) is 6.42 Å². The maximum Gasteiger partial charge on any atom is 0.0218 e. The molecule has 0 saturated carbocycles. The summed E-state index contributed by atoms with van der Waals surface area (Å²) in [6.45, 7) is 8.64. The van der Waals surface area contributed by atoms with Crippen LogP contribution in [0.5, 0.6) is 0 Å². The molecule has 0 aliphatic heterocycles. The number of thioether (sulfide) groups is 1. The van der Waals surface area contributed by atoms with Gasteiger partial charge >= 0.3 is 0 Å². The van der Waals surface area contributed by atoms with E-state index in [4.69, 9.17) is 5.73 Å². The van der Waals surface area contributed by atoms with E-state index < -0.39 is 0 Å². The van der Waals surface area contributed by atoms with Gasteiger partial charge in [-0.3, -0.25) is 0 Å². The van der Waals surface area contributed by atoms with Gasteiger partial charge in [0.05, 0.1) is 0 Å². The van der Waals surface area contributed by atoms with Crippen molar-refractivity contribution in [2.45, 2.75) is 50.3 Å². The molecule has 0 radical (unpaired) electrons. The fraction of sp³-hybridized carbons (Fsp3) is 0.538. The Balaban J connectivity index is 2.75. The third kappa shape index (κ3) is 3.54. The number of aryl methyl sites for hydroxylation is 2. The lowest BCUT2D eigenvalue weighted by molar-refractivity contribution is 0.642. The highest BCUT2D eigenvalue weighted by molar-refractivity contribution is 8.00. The van der Waals surface area contributed by atoms with Crippen molar-refractivity contribution in [1.29, 1.82) is 0 Å². The molecule has 15 heavy (non-hydrogen) atoms. The Morgan fingerprint density at radius 3 is 2.60 bits per heavy atom. The molecular formula is C13H21NS. The number of hydrogen-bond donors (Lipinski definition) is 1. The second-order valence-electron chi connectivity index (χ2n) is 4.16. The lowest BCUT2D eigenvalue weighted by Gasteiger charge is -2.19. The van der Waals surface area contributed by atoms with E-state index >= 15 is 0 Å². The third-order valence-electron chi connectivity index (χ3n) is 2.73. The first kappa shape index (κ1) is 12.6. The molecular weight excluding hydrogens is 202 g/mol. The highest BCUT2D eigenvalue weighted by Gasteiger charge is 2.13. The quantitative estimate of drug-likeness (QED) is 0.790. The van der Waals surface area contributed by atoms with Crippen LogP contribution in [0, 0.1) is 13.8 Å². The van der Waals surface area contributed by atoms with Crippen LogP contribution >= 0.6 is 11.8 Å². The predicted octanol–water partition coefficient (Wildman–Crippen LogP) is 3.52. The standard InChI is InChI=1S/C13H21NS/c1-5-12(14)11(4)15-13-8-9(2)6-7-10(13)3/h6-8,11-12H,5,14H2,1-4H3. The fourth-order valence-electron chi connectivity index (χ4n) is 1.45. The zero-order chi connectivity index (χ0) is 11.4. The third-order valence-corrected chi connectivity index (χ3v) is 4.15. The van der Waals surface area contributed by atoms with Crippen molar-refractivity contribution in [2.75, 3.05) is 0 Å². The molecule has 0 spiro atoms. The summed E-state index contributed by atoms with van der Waals surface area (Å²) < 4.78 is 0. The van der Waals surface area contributed by atoms with Crippen molar-refractivity contribution in [3.05, 3.63) is 29.3 Å². The van der Waals surface area contributed by atoms with Gasteiger partial charge in [-0.25, -0.2) is 0 Å². The Hall–Kier alpha value is -0.470. The average molecular weight is 223 g/mol. The van der Waals surface area contributed by atoms with Gasteiger partial charge in [0.2, 0.25) is 0 Å². The smallest absolute Gasteiger partial charge is 0.0218 e. The van der Waals surface area contributed by atoms with Crippen LogP contribution in [0.3, 0.4) is 0 Å². The molecule has 1 aromatic rings. The topological polar surface area (TPSA) is 26.0 Å². The number of benzene rings is 1. The Labute approximate surface area is 97.4 Å². The monoisotopic (exact) mass is 223 g/mol. The van der Waals surface area contributed by atoms with E-state index in [1.807, 2.05) is 11.8 Å². The first-order valence-corrected chi connectivity index (χ1v) is 6.42. The second kappa shape index (κ2) is 5.57. The largest absolute Gasteiger partial charge is 0.327 e. The van der Waals surface area contributed by atoms with Crippen molar-refractivity contribution in [2.24, 2.45) is 5.73 Å². The van der Waals surface area contributed by atoms with Crippen molar-refractivity contribution >= 4 is 11.8 Å². The Morgan fingerprint density at radius 2 is 2.00 bits per heavy atom. The van der Waals surface area contributed by atoms with Crippen LogP contribution in [-0.2, 0) is 0 Å². The van der Waals surface area contributed by atoms with Gasteiger partial charge in [-0.1, -0.05) is 31.5 Å². The molecule has 0 saturated heterocycles. The maximum absolute atomic E-state index is 6.03. The van der Waals surface area contributed by atoms with Gasteiger partial charge in [-0.05, 0) is 31.9 Å². The van der Waals surface area contributed by atoms with E-state index in [1.54, 1.807) is 0 Å². The fourth-order valence-corrected chi connectivity index (χ4v) is 2.73. The number of nitrogens with two attached hydrogens (primary N) is 1. The summed E-state index contributed by atoms with van der Waals surface area (Å²) in [5, 5.41) is 0.482. The molecule has 0 fully saturated rings. The molecule has 1 nitrogen and oxygen atoms in total. The molecule has 0 aliphatic rings. The van der Waals surface area contributed by atoms with E-state index in [1.165, 1.54) is 16.0 Å². The zero-order valence-corrected chi connectivity index (χ0v) is 10.9. The predicted molar refractivity (Wildman–Crippen MR) is 69.5 cm³/mol. The molecule has 1 rings (SSSR count). The van der Waals surface area contributed by atoms with Gasteiger partial charge in [0.15, 0.2) is 0 Å². The van der Waals surface area contributed by atoms with Crippen LogP contribution in [0.25, 0.3) is 0 Å². The van der Waals surface area contributed by atoms with E-state index in [-0.39, 0.29) is 6.04 Å². The van der Waals surface area contributed by atoms with Gasteiger partial charge in [-0.15, -0.1) is 11.8 Å². The van der Waals surface area contributed by atoms with Gasteiger partial charge < -0.3 is 5.73 Å². The number of hydrogen-bond acceptors (Lipinski definition) is 2. The molecule has 0 amide bonds. The molecule has 0 bridgehead atoms. The van der Waals surface area contributed by atoms with Crippen molar-refractivity contribution < 1.29 is 0 Å². The molecule has 2 N–H and O–H groups in total. The minimum absolute atomic E-state index is 0.287. The summed E-state index contributed by atoms with van der Waals surface area (Å²) in [6.07, 6.45) is 1.04. The van der Waals surface area contributed by atoms with Crippen LogP contribution in [0.2, 0.25) is 0 Å². The van der Waals surface area contributed by atoms with Crippen molar-refractivity contribution in [3.63, 3.8) is 0 Å². The summed E-state index contributed by atoms with van der Waals surface area (Å²) in [7, 11) is 0. The Bertz CT molecular complexity index is 322. The molecule has 2 atom stereocenters. The van der Waals surface area contributed by atoms with E-state index in [0.29, 0.717) is 5.25 Å². The van der Waals surface area contributed by atoms with Gasteiger partial charge in [-0.2, -0.15) is 0 Å². The first-order chi connectivity index (χ1) is 7.04. The summed E-state index contributed by atoms with van der Waals surface area (Å²) in [5.41, 5.74) is 8.70. The molecule has 2 unspecified atom stereocenters. The zero-order valence-electron chi connectivity index (χ0n) is 10.1. The lowest BCUT2D eigenvalue weighted by Crippen LogP contribution is -2.29. The minimum Gasteiger partial charge on any atom is -0.327 e. The highest BCUT2D eigenvalue weighted by Crippen LogP contribution is 2.29. The Morgan fingerprint density at radius 1 is 1.33 bits per heavy atom. The van der Waals surface area contributed by atoms with E-state index in [2.05, 4.69) is 45.9 Å². The molecule has 0 heterocycles. The van der Waals surface area contributed by atoms with Crippen LogP contribution in [0.15, 0.2) is 23.1 Å². The lowest BCUT2D eigenvalue weighted by atomic mass is 10.2. The van der Waals surface area contributed by atoms with Gasteiger partial charge in [0.25, 0.3) is 0 Å². The second-order valence-corrected chi connectivity index (χ2v) is 5.58. The van der Waals surface area contributed by atoms with Crippen LogP contribution in [0.4, 0.5) is 0 Å². The molecule has 1 aromatic carbocycles. The summed E-state index contributed by atoms with van der Waals surface area (Å²) in [5.74, 6) is 0. The van der Waals surface area contributed by atoms with Crippen molar-refractivity contribution in [1.82, 2.24) is 0 Å². The molecule has 0 aromatic heterocycles. The van der Waals surface area contributed by atoms with Crippen LogP contribution in [-0.4, -0.2) is 11.3 Å². The Kier molecular flexibility index (Phi) is 4.68. The van der Waals surface area contributed by atoms with Crippen LogP contribution < -0.4 is 5.73 Å². The van der Waals surface area contributed by atoms with Crippen LogP contribution in [0.1, 0.15) is 31.4 Å². The first-order valence-electron chi connectivity index (χ1n) is 5.54. The van der Waals surface area contributed by atoms with E-state index in [9.17, 15) is 0 Å². The molecule has 2 heteroatoms. The summed E-state index contributed by atoms with van der Waals surface area (Å²) >= 11 is 1.89. The minimum atomic E-state index is 0.287. The highest BCUT2D eigenvalue weighted by atomic mass is 32.2. The van der Waals surface area contributed by atoms with Crippen molar-refractivity contribution in [3.8, 4) is 0 Å². The van der Waals surface area contributed by atoms with Gasteiger partial charge in [0, 0.05) is 16.2 Å². The SMILES string of the molecule is CCC(N)C(C)Sc1cc(C)ccc1C. The average Bonchev–Trinajstić information content (AvgIpc) is 2.22. The molecule has 0 aliphatic carbocycles. The number of rotatable bonds is 4.